The van der Waals surface area contributed by atoms with Gasteiger partial charge in [0.1, 0.15) is 29.8 Å². The van der Waals surface area contributed by atoms with E-state index in [1.54, 1.807) is 49.6 Å². The van der Waals surface area contributed by atoms with Gasteiger partial charge < -0.3 is 53.6 Å². The van der Waals surface area contributed by atoms with Gasteiger partial charge in [0.15, 0.2) is 23.0 Å². The lowest BCUT2D eigenvalue weighted by atomic mass is 9.95. The van der Waals surface area contributed by atoms with Gasteiger partial charge >= 0.3 is 5.97 Å². The molecule has 578 valence electrons. The van der Waals surface area contributed by atoms with Crippen LogP contribution < -0.4 is 23.7 Å². The molecule has 2 aliphatic rings. The van der Waals surface area contributed by atoms with Crippen LogP contribution in [0.5, 0.6) is 34.5 Å². The molecule has 0 bridgehead atoms. The topological polar surface area (TPSA) is 199 Å². The van der Waals surface area contributed by atoms with Gasteiger partial charge in [0.25, 0.3) is 0 Å². The molecule has 0 aliphatic carbocycles. The van der Waals surface area contributed by atoms with E-state index in [0.29, 0.717) is 60.1 Å². The van der Waals surface area contributed by atoms with Crippen molar-refractivity contribution >= 4 is 5.97 Å². The van der Waals surface area contributed by atoms with Gasteiger partial charge in [0.2, 0.25) is 0 Å². The number of carbonyl (C=O) groups excluding carboxylic acids is 1. The molecule has 2 aliphatic heterocycles. The Morgan fingerprint density at radius 1 is 0.441 bits per heavy atom. The number of rotatable bonds is 30. The van der Waals surface area contributed by atoms with Gasteiger partial charge in [-0.1, -0.05) is 233 Å². The number of phenols is 1. The van der Waals surface area contributed by atoms with Crippen molar-refractivity contribution in [2.75, 3.05) is 27.4 Å². The molecule has 7 rings (SSSR count). The molecule has 10 atom stereocenters. The summed E-state index contributed by atoms with van der Waals surface area (Å²) in [6, 6.07) is 31.2. The third-order valence-electron chi connectivity index (χ3n) is 16.3. The Kier molecular flexibility index (Phi) is 61.0. The van der Waals surface area contributed by atoms with Crippen molar-refractivity contribution in [3.05, 3.63) is 191 Å². The lowest BCUT2D eigenvalue weighted by molar-refractivity contribution is -0.182. The van der Waals surface area contributed by atoms with E-state index in [-0.39, 0.29) is 50.4 Å². The van der Waals surface area contributed by atoms with Crippen LogP contribution in [0.1, 0.15) is 264 Å². The van der Waals surface area contributed by atoms with Crippen LogP contribution in [0.4, 0.5) is 0 Å². The molecule has 14 nitrogen and oxygen atoms in total. The largest absolute Gasteiger partial charge is 0.504 e. The minimum absolute atomic E-state index is 0. The molecule has 102 heavy (non-hydrogen) atoms. The summed E-state index contributed by atoms with van der Waals surface area (Å²) in [6.45, 7) is 41.6. The number of benzene rings is 5. The van der Waals surface area contributed by atoms with Crippen molar-refractivity contribution in [2.24, 2.45) is 0 Å². The van der Waals surface area contributed by atoms with E-state index >= 15 is 0 Å². The van der Waals surface area contributed by atoms with Crippen molar-refractivity contribution in [1.29, 1.82) is 0 Å². The van der Waals surface area contributed by atoms with E-state index in [0.717, 1.165) is 33.8 Å². The lowest BCUT2D eigenvalue weighted by Crippen LogP contribution is -2.30. The van der Waals surface area contributed by atoms with Crippen LogP contribution in [0, 0.1) is 27.7 Å². The highest BCUT2D eigenvalue weighted by molar-refractivity contribution is 5.88. The standard InChI is InChI=1S/C25H36O5.C19H24O4.C7H6O3.2C6H12O.4C6H12.CH4/c1-7-20(27)21(8-2)29-23-12-10-19(14-24(23)28-6)18(5)25(15-26)30-22-11-9-16(3)13-17(22)4;1-12-5-8-17(13(2)9-12)23-19(11-20)14(3)15-6-7-16(21)18(10-15)22-4;8-7(10-9)6-4-2-1-3-5-6;2*1-3-5-6(4-2)7-5;4*1-3-5-6-4-2;/h9-14,18,20-21,25-27H,7-8,15H2,1-6H3;5-10,14,19-21H,11H2,1-4H3;1-5,9H;2*5-6H,3-4H2,1-2H3;4*5-6H,3-4H2,1-2H3;1H4/b;;;;;4*6-5-;. The van der Waals surface area contributed by atoms with Crippen LogP contribution in [0.2, 0.25) is 0 Å². The minimum Gasteiger partial charge on any atom is -0.504 e. The Bertz CT molecular complexity index is 2840. The van der Waals surface area contributed by atoms with Crippen molar-refractivity contribution in [1.82, 2.24) is 0 Å². The molecule has 0 aromatic heterocycles. The summed E-state index contributed by atoms with van der Waals surface area (Å²) in [4.78, 5) is 14.0. The van der Waals surface area contributed by atoms with E-state index in [1.807, 2.05) is 104 Å². The highest BCUT2D eigenvalue weighted by Gasteiger charge is 2.35. The number of aliphatic hydroxyl groups excluding tert-OH is 3. The number of aliphatic hydroxyl groups is 3. The van der Waals surface area contributed by atoms with Crippen LogP contribution in [0.3, 0.4) is 0 Å². The molecule has 0 radical (unpaired) electrons. The molecule has 0 spiro atoms. The van der Waals surface area contributed by atoms with Crippen LogP contribution in [0.25, 0.3) is 0 Å². The maximum atomic E-state index is 10.5. The number of phenolic OH excluding ortho intramolecular Hbond substituents is 1. The summed E-state index contributed by atoms with van der Waals surface area (Å²) < 4.78 is 39.3. The van der Waals surface area contributed by atoms with Crippen molar-refractivity contribution in [2.45, 2.75) is 296 Å². The van der Waals surface area contributed by atoms with E-state index in [1.165, 1.54) is 95.3 Å². The maximum absolute atomic E-state index is 10.5. The zero-order valence-corrected chi connectivity index (χ0v) is 66.4. The maximum Gasteiger partial charge on any atom is 0.372 e. The summed E-state index contributed by atoms with van der Waals surface area (Å²) in [7, 11) is 3.11. The second-order valence-electron chi connectivity index (χ2n) is 24.6. The Morgan fingerprint density at radius 2 is 0.775 bits per heavy atom. The summed E-state index contributed by atoms with van der Waals surface area (Å²) in [5.41, 5.74) is 6.68. The Hall–Kier alpha value is -6.91. The quantitative estimate of drug-likeness (QED) is 0.0126. The molecular formula is C88H142O14. The first-order chi connectivity index (χ1) is 48.6. The average Bonchev–Trinajstić information content (AvgIpc) is 1.16. The molecule has 5 N–H and O–H groups in total. The van der Waals surface area contributed by atoms with E-state index < -0.39 is 18.2 Å². The Labute approximate surface area is 620 Å². The summed E-state index contributed by atoms with van der Waals surface area (Å²) in [6.07, 6.45) is 33.8. The van der Waals surface area contributed by atoms with Crippen LogP contribution in [0.15, 0.2) is 152 Å². The minimum atomic E-state index is -0.736. The highest BCUT2D eigenvalue weighted by Crippen LogP contribution is 2.36. The monoisotopic (exact) mass is 1420 g/mol. The molecule has 2 saturated heterocycles. The zero-order valence-electron chi connectivity index (χ0n) is 66.4. The van der Waals surface area contributed by atoms with Crippen LogP contribution >= 0.6 is 0 Å². The average molecular weight is 1420 g/mol. The first-order valence-corrected chi connectivity index (χ1v) is 37.5. The fourth-order valence-electron chi connectivity index (χ4n) is 9.87. The highest BCUT2D eigenvalue weighted by atomic mass is 17.1. The van der Waals surface area contributed by atoms with Crippen LogP contribution in [-0.2, 0) is 14.4 Å². The molecule has 2 fully saturated rings. The second kappa shape index (κ2) is 62.6. The number of carbonyl (C=O) groups is 1. The van der Waals surface area contributed by atoms with Crippen LogP contribution in [-0.4, -0.2) is 108 Å². The second-order valence-corrected chi connectivity index (χ2v) is 24.6. The van der Waals surface area contributed by atoms with Gasteiger partial charge in [0.05, 0.1) is 63.5 Å². The number of allylic oxidation sites excluding steroid dienone is 8. The smallest absolute Gasteiger partial charge is 0.372 e. The molecule has 2 heterocycles. The lowest BCUT2D eigenvalue weighted by Gasteiger charge is -2.26. The van der Waals surface area contributed by atoms with E-state index in [4.69, 9.17) is 38.4 Å². The van der Waals surface area contributed by atoms with Gasteiger partial charge in [0, 0.05) is 11.8 Å². The Morgan fingerprint density at radius 3 is 1.06 bits per heavy atom. The number of hydrogen-bond donors (Lipinski definition) is 5. The normalized spacial score (nSPS) is 16.1. The van der Waals surface area contributed by atoms with Gasteiger partial charge in [-0.2, -0.15) is 5.26 Å². The Balaban J connectivity index is -0.00000119. The van der Waals surface area contributed by atoms with Gasteiger partial charge in [-0.15, -0.1) is 0 Å². The fraction of sp³-hybridized carbons (Fsp3) is 0.557. The predicted molar refractivity (Wildman–Crippen MR) is 429 cm³/mol. The van der Waals surface area contributed by atoms with E-state index in [9.17, 15) is 25.2 Å². The predicted octanol–water partition coefficient (Wildman–Crippen LogP) is 22.9. The van der Waals surface area contributed by atoms with E-state index in [2.05, 4.69) is 149 Å². The summed E-state index contributed by atoms with van der Waals surface area (Å²) in [5, 5.41) is 47.5. The number of hydrogen-bond acceptors (Lipinski definition) is 14. The van der Waals surface area contributed by atoms with Gasteiger partial charge in [-0.05, 0) is 188 Å². The number of epoxide rings is 2. The molecule has 14 heteroatoms. The first-order valence-electron chi connectivity index (χ1n) is 37.5. The molecular weight excluding hydrogens is 1280 g/mol. The summed E-state index contributed by atoms with van der Waals surface area (Å²) in [5.74, 6) is 2.40. The molecule has 10 unspecified atom stereocenters. The number of aryl methyl sites for hydroxylation is 4. The molecule has 5 aromatic rings. The van der Waals surface area contributed by atoms with Crippen molar-refractivity contribution in [3.63, 3.8) is 0 Å². The summed E-state index contributed by atoms with van der Waals surface area (Å²) >= 11 is 0. The SMILES string of the molecule is C.CC/C=C\CC.CC/C=C\CC.CC/C=C\CC.CC/C=C\CC.CCC(O)C(CC)Oc1ccc(C(C)C(CO)Oc2ccc(C)cc2C)cc1OC.CCC1OC1CC.CCC1OC1CC.COc1cc(C(C)C(CO)Oc2ccc(C)cc2C)ccc1O.O=C(OO)c1ccccc1. The number of methoxy groups -OCH3 is 2. The number of ether oxygens (including phenoxy) is 7. The first kappa shape index (κ1) is 99.3. The fourth-order valence-corrected chi connectivity index (χ4v) is 9.87. The van der Waals surface area contributed by atoms with Crippen molar-refractivity contribution < 1.29 is 68.5 Å². The molecule has 5 aromatic carbocycles. The zero-order chi connectivity index (χ0) is 76.5. The third-order valence-corrected chi connectivity index (χ3v) is 16.3. The molecule has 0 amide bonds. The number of aromatic hydroxyl groups is 1. The van der Waals surface area contributed by atoms with Gasteiger partial charge in [-0.3, -0.25) is 4.89 Å². The van der Waals surface area contributed by atoms with Crippen molar-refractivity contribution in [3.8, 4) is 34.5 Å². The molecule has 0 saturated carbocycles. The van der Waals surface area contributed by atoms with Gasteiger partial charge in [-0.25, -0.2) is 4.79 Å². The third kappa shape index (κ3) is 43.3.